The van der Waals surface area contributed by atoms with Crippen LogP contribution >= 0.6 is 0 Å². The number of aryl methyl sites for hydroxylation is 1. The van der Waals surface area contributed by atoms with E-state index in [9.17, 15) is 9.59 Å². The second kappa shape index (κ2) is 12.0. The van der Waals surface area contributed by atoms with Gasteiger partial charge in [0.2, 0.25) is 5.91 Å². The van der Waals surface area contributed by atoms with Crippen molar-refractivity contribution in [2.75, 3.05) is 27.3 Å². The number of rotatable bonds is 12. The SMILES string of the molecule is CCCCN(CC(=O)N(Cc1ccco1)Cc1cccn1C)C(=O)c1ccc(OC)cc1OC. The maximum atomic E-state index is 13.5. The standard InChI is InChI=1S/C26H33N3O5/c1-5-6-14-28(26(31)23-12-11-21(32-3)16-24(23)33-4)19-25(30)29(18-22-10-8-15-34-22)17-20-9-7-13-27(20)2/h7-13,15-16H,5-6,14,17-19H2,1-4H3. The number of hydrogen-bond donors (Lipinski definition) is 0. The third kappa shape index (κ3) is 6.21. The minimum atomic E-state index is -0.252. The van der Waals surface area contributed by atoms with Crippen LogP contribution in [-0.2, 0) is 24.9 Å². The summed E-state index contributed by atoms with van der Waals surface area (Å²) in [6.45, 7) is 3.20. The first-order valence-electron chi connectivity index (χ1n) is 11.4. The van der Waals surface area contributed by atoms with E-state index in [-0.39, 0.29) is 18.4 Å². The highest BCUT2D eigenvalue weighted by molar-refractivity contribution is 5.99. The Morgan fingerprint density at radius 1 is 1.03 bits per heavy atom. The van der Waals surface area contributed by atoms with Crippen molar-refractivity contribution in [3.8, 4) is 11.5 Å². The van der Waals surface area contributed by atoms with E-state index in [0.29, 0.717) is 42.5 Å². The molecular weight excluding hydrogens is 434 g/mol. The number of aromatic nitrogens is 1. The fraction of sp³-hybridized carbons (Fsp3) is 0.385. The summed E-state index contributed by atoms with van der Waals surface area (Å²) in [5.41, 5.74) is 1.38. The summed E-state index contributed by atoms with van der Waals surface area (Å²) in [5, 5.41) is 0. The number of nitrogens with zero attached hydrogens (tertiary/aromatic N) is 3. The molecule has 0 fully saturated rings. The topological polar surface area (TPSA) is 77.2 Å². The van der Waals surface area contributed by atoms with Crippen LogP contribution in [0.4, 0.5) is 0 Å². The van der Waals surface area contributed by atoms with Crippen molar-refractivity contribution in [3.05, 3.63) is 71.9 Å². The zero-order chi connectivity index (χ0) is 24.5. The van der Waals surface area contributed by atoms with Crippen molar-refractivity contribution < 1.29 is 23.5 Å². The summed E-state index contributed by atoms with van der Waals surface area (Å²) in [6.07, 6.45) is 5.22. The number of ether oxygens (including phenoxy) is 2. The van der Waals surface area contributed by atoms with Gasteiger partial charge in [0.15, 0.2) is 0 Å². The van der Waals surface area contributed by atoms with Gasteiger partial charge in [0.25, 0.3) is 5.91 Å². The summed E-state index contributed by atoms with van der Waals surface area (Å²) in [5.74, 6) is 1.28. The Morgan fingerprint density at radius 2 is 1.85 bits per heavy atom. The average molecular weight is 468 g/mol. The largest absolute Gasteiger partial charge is 0.497 e. The van der Waals surface area contributed by atoms with Crippen LogP contribution in [0, 0.1) is 0 Å². The summed E-state index contributed by atoms with van der Waals surface area (Å²) < 4.78 is 18.1. The maximum absolute atomic E-state index is 13.5. The van der Waals surface area contributed by atoms with Crippen LogP contribution in [0.3, 0.4) is 0 Å². The van der Waals surface area contributed by atoms with Crippen molar-refractivity contribution in [3.63, 3.8) is 0 Å². The molecule has 0 aliphatic carbocycles. The van der Waals surface area contributed by atoms with E-state index in [0.717, 1.165) is 18.5 Å². The molecule has 2 heterocycles. The third-order valence-electron chi connectivity index (χ3n) is 5.72. The minimum absolute atomic E-state index is 0.0425. The highest BCUT2D eigenvalue weighted by Crippen LogP contribution is 2.26. The molecule has 2 amide bonds. The Bertz CT molecular complexity index is 1070. The van der Waals surface area contributed by atoms with Crippen LogP contribution in [0.15, 0.2) is 59.3 Å². The van der Waals surface area contributed by atoms with E-state index in [1.807, 2.05) is 36.0 Å². The number of unbranched alkanes of at least 4 members (excludes halogenated alkanes) is 1. The Morgan fingerprint density at radius 3 is 2.47 bits per heavy atom. The monoisotopic (exact) mass is 467 g/mol. The van der Waals surface area contributed by atoms with Gasteiger partial charge < -0.3 is 28.3 Å². The van der Waals surface area contributed by atoms with Crippen LogP contribution < -0.4 is 9.47 Å². The summed E-state index contributed by atoms with van der Waals surface area (Å²) >= 11 is 0. The predicted octanol–water partition coefficient (Wildman–Crippen LogP) is 4.11. The lowest BCUT2D eigenvalue weighted by Gasteiger charge is -2.28. The highest BCUT2D eigenvalue weighted by Gasteiger charge is 2.25. The van der Waals surface area contributed by atoms with Gasteiger partial charge in [-0.05, 0) is 42.8 Å². The van der Waals surface area contributed by atoms with E-state index in [1.165, 1.54) is 7.11 Å². The first kappa shape index (κ1) is 25.0. The number of amides is 2. The van der Waals surface area contributed by atoms with Crippen molar-refractivity contribution >= 4 is 11.8 Å². The predicted molar refractivity (Wildman–Crippen MR) is 129 cm³/mol. The molecule has 182 valence electrons. The minimum Gasteiger partial charge on any atom is -0.497 e. The van der Waals surface area contributed by atoms with E-state index in [1.54, 1.807) is 47.4 Å². The lowest BCUT2D eigenvalue weighted by molar-refractivity contribution is -0.133. The van der Waals surface area contributed by atoms with Gasteiger partial charge in [0, 0.05) is 31.5 Å². The molecule has 34 heavy (non-hydrogen) atoms. The van der Waals surface area contributed by atoms with E-state index >= 15 is 0 Å². The number of carbonyl (C=O) groups is 2. The normalized spacial score (nSPS) is 10.7. The van der Waals surface area contributed by atoms with Crippen LogP contribution in [0.1, 0.15) is 41.6 Å². The molecule has 8 heteroatoms. The average Bonchev–Trinajstić information content (AvgIpc) is 3.52. The molecular formula is C26H33N3O5. The highest BCUT2D eigenvalue weighted by atomic mass is 16.5. The Balaban J connectivity index is 1.84. The number of furan rings is 1. The van der Waals surface area contributed by atoms with E-state index in [4.69, 9.17) is 13.9 Å². The van der Waals surface area contributed by atoms with E-state index in [2.05, 4.69) is 6.92 Å². The molecule has 0 atom stereocenters. The van der Waals surface area contributed by atoms with E-state index < -0.39 is 0 Å². The maximum Gasteiger partial charge on any atom is 0.258 e. The zero-order valence-electron chi connectivity index (χ0n) is 20.3. The molecule has 0 N–H and O–H groups in total. The number of carbonyl (C=O) groups excluding carboxylic acids is 2. The Kier molecular flexibility index (Phi) is 8.79. The molecule has 0 radical (unpaired) electrons. The molecule has 0 aliphatic heterocycles. The van der Waals surface area contributed by atoms with Crippen LogP contribution in [0.5, 0.6) is 11.5 Å². The van der Waals surface area contributed by atoms with Crippen molar-refractivity contribution in [2.45, 2.75) is 32.9 Å². The van der Waals surface area contributed by atoms with Crippen molar-refractivity contribution in [1.29, 1.82) is 0 Å². The van der Waals surface area contributed by atoms with Crippen molar-refractivity contribution in [2.24, 2.45) is 7.05 Å². The lowest BCUT2D eigenvalue weighted by atomic mass is 10.1. The smallest absolute Gasteiger partial charge is 0.258 e. The first-order valence-corrected chi connectivity index (χ1v) is 11.4. The first-order chi connectivity index (χ1) is 16.5. The quantitative estimate of drug-likeness (QED) is 0.401. The fourth-order valence-electron chi connectivity index (χ4n) is 3.69. The van der Waals surface area contributed by atoms with Gasteiger partial charge in [-0.3, -0.25) is 9.59 Å². The molecule has 3 aromatic rings. The molecule has 0 bridgehead atoms. The van der Waals surface area contributed by atoms with Gasteiger partial charge in [0.05, 0.1) is 39.1 Å². The van der Waals surface area contributed by atoms with Gasteiger partial charge in [-0.25, -0.2) is 0 Å². The second-order valence-electron chi connectivity index (χ2n) is 8.09. The lowest BCUT2D eigenvalue weighted by Crippen LogP contribution is -2.43. The van der Waals surface area contributed by atoms with Crippen LogP contribution in [-0.4, -0.2) is 53.5 Å². The number of benzene rings is 1. The van der Waals surface area contributed by atoms with Gasteiger partial charge in [0.1, 0.15) is 23.8 Å². The summed E-state index contributed by atoms with van der Waals surface area (Å²) in [4.78, 5) is 30.3. The molecule has 0 saturated heterocycles. The number of hydrogen-bond acceptors (Lipinski definition) is 5. The Hall–Kier alpha value is -3.68. The molecule has 2 aromatic heterocycles. The van der Waals surface area contributed by atoms with Crippen LogP contribution in [0.2, 0.25) is 0 Å². The molecule has 0 unspecified atom stereocenters. The van der Waals surface area contributed by atoms with Crippen LogP contribution in [0.25, 0.3) is 0 Å². The molecule has 0 saturated carbocycles. The zero-order valence-corrected chi connectivity index (χ0v) is 20.3. The third-order valence-corrected chi connectivity index (χ3v) is 5.72. The van der Waals surface area contributed by atoms with Gasteiger partial charge in [-0.2, -0.15) is 0 Å². The van der Waals surface area contributed by atoms with Gasteiger partial charge in [-0.1, -0.05) is 13.3 Å². The second-order valence-corrected chi connectivity index (χ2v) is 8.09. The molecule has 0 spiro atoms. The Labute approximate surface area is 200 Å². The molecule has 3 rings (SSSR count). The molecule has 1 aromatic carbocycles. The summed E-state index contributed by atoms with van der Waals surface area (Å²) in [7, 11) is 5.01. The molecule has 0 aliphatic rings. The van der Waals surface area contributed by atoms with Gasteiger partial charge in [-0.15, -0.1) is 0 Å². The fourth-order valence-corrected chi connectivity index (χ4v) is 3.69. The van der Waals surface area contributed by atoms with Crippen molar-refractivity contribution in [1.82, 2.24) is 14.4 Å². The van der Waals surface area contributed by atoms with Gasteiger partial charge >= 0.3 is 0 Å². The molecule has 8 nitrogen and oxygen atoms in total. The summed E-state index contributed by atoms with van der Waals surface area (Å²) in [6, 6.07) is 12.6. The number of methoxy groups -OCH3 is 2.